The van der Waals surface area contributed by atoms with Crippen LogP contribution < -0.4 is 4.90 Å². The minimum Gasteiger partial charge on any atom is -0.391 e. The fraction of sp³-hybridized carbons (Fsp3) is 0.571. The van der Waals surface area contributed by atoms with Crippen molar-refractivity contribution in [3.63, 3.8) is 0 Å². The highest BCUT2D eigenvalue weighted by molar-refractivity contribution is 5.55. The first kappa shape index (κ1) is 13.8. The summed E-state index contributed by atoms with van der Waals surface area (Å²) < 4.78 is 0. The molecule has 1 N–H and O–H groups in total. The molecule has 1 aromatic rings. The van der Waals surface area contributed by atoms with Crippen LogP contribution in [0.15, 0.2) is 18.2 Å². The molecule has 104 valence electrons. The number of rotatable bonds is 4. The normalized spacial score (nSPS) is 16.6. The summed E-state index contributed by atoms with van der Waals surface area (Å²) in [4.78, 5) is 12.6. The molecule has 1 saturated heterocycles. The number of nitro groups is 1. The number of hydrogen-bond acceptors (Lipinski definition) is 4. The highest BCUT2D eigenvalue weighted by Crippen LogP contribution is 2.29. The minimum atomic E-state index is -0.446. The van der Waals surface area contributed by atoms with E-state index in [1.54, 1.807) is 12.1 Å². The lowest BCUT2D eigenvalue weighted by molar-refractivity contribution is -0.385. The van der Waals surface area contributed by atoms with E-state index in [-0.39, 0.29) is 12.3 Å². The van der Waals surface area contributed by atoms with E-state index in [2.05, 4.69) is 11.8 Å². The van der Waals surface area contributed by atoms with Gasteiger partial charge < -0.3 is 10.0 Å². The third kappa shape index (κ3) is 3.04. The van der Waals surface area contributed by atoms with Gasteiger partial charge >= 0.3 is 0 Å². The van der Waals surface area contributed by atoms with E-state index in [0.717, 1.165) is 24.7 Å². The van der Waals surface area contributed by atoms with Crippen molar-refractivity contribution in [3.05, 3.63) is 33.9 Å². The van der Waals surface area contributed by atoms with Gasteiger partial charge in [0, 0.05) is 24.8 Å². The molecule has 5 nitrogen and oxygen atoms in total. The second kappa shape index (κ2) is 6.02. The summed E-state index contributed by atoms with van der Waals surface area (Å²) in [6.07, 6.45) is 3.56. The highest BCUT2D eigenvalue weighted by Gasteiger charge is 2.20. The van der Waals surface area contributed by atoms with Crippen molar-refractivity contribution >= 4 is 11.4 Å². The number of aliphatic hydroxyl groups excluding tert-OH is 1. The van der Waals surface area contributed by atoms with Gasteiger partial charge in [0.05, 0.1) is 17.1 Å². The van der Waals surface area contributed by atoms with Crippen LogP contribution in [0, 0.1) is 16.0 Å². The Morgan fingerprint density at radius 1 is 1.42 bits per heavy atom. The summed E-state index contributed by atoms with van der Waals surface area (Å²) in [6.45, 7) is 3.90. The Morgan fingerprint density at radius 3 is 2.63 bits per heavy atom. The quantitative estimate of drug-likeness (QED) is 0.670. The molecule has 0 unspecified atom stereocenters. The van der Waals surface area contributed by atoms with Crippen molar-refractivity contribution in [3.8, 4) is 0 Å². The second-order valence-electron chi connectivity index (χ2n) is 5.07. The van der Waals surface area contributed by atoms with Gasteiger partial charge in [-0.15, -0.1) is 0 Å². The van der Waals surface area contributed by atoms with E-state index in [1.165, 1.54) is 25.3 Å². The van der Waals surface area contributed by atoms with Crippen molar-refractivity contribution in [2.75, 3.05) is 18.0 Å². The van der Waals surface area contributed by atoms with Gasteiger partial charge in [0.2, 0.25) is 0 Å². The fourth-order valence-electron chi connectivity index (χ4n) is 2.67. The van der Waals surface area contributed by atoms with Gasteiger partial charge in [-0.25, -0.2) is 0 Å². The summed E-state index contributed by atoms with van der Waals surface area (Å²) in [5, 5.41) is 20.1. The monoisotopic (exact) mass is 264 g/mol. The average Bonchev–Trinajstić information content (AvgIpc) is 2.46. The van der Waals surface area contributed by atoms with Gasteiger partial charge in [-0.3, -0.25) is 10.1 Å². The Bertz CT molecular complexity index is 454. The largest absolute Gasteiger partial charge is 0.391 e. The molecular weight excluding hydrogens is 244 g/mol. The summed E-state index contributed by atoms with van der Waals surface area (Å²) in [5.74, 6) is 0.798. The van der Waals surface area contributed by atoms with Crippen LogP contribution in [0.3, 0.4) is 0 Å². The maximum Gasteiger partial charge on any atom is 0.275 e. The van der Waals surface area contributed by atoms with E-state index in [1.807, 2.05) is 0 Å². The van der Waals surface area contributed by atoms with Crippen LogP contribution in [-0.4, -0.2) is 23.1 Å². The van der Waals surface area contributed by atoms with E-state index in [9.17, 15) is 15.2 Å². The zero-order valence-corrected chi connectivity index (χ0v) is 11.2. The predicted octanol–water partition coefficient (Wildman–Crippen LogP) is 2.71. The van der Waals surface area contributed by atoms with Crippen molar-refractivity contribution < 1.29 is 10.0 Å². The molecule has 0 spiro atoms. The van der Waals surface area contributed by atoms with Crippen LogP contribution in [0.2, 0.25) is 0 Å². The van der Waals surface area contributed by atoms with E-state index < -0.39 is 4.92 Å². The van der Waals surface area contributed by atoms with Gasteiger partial charge in [-0.05, 0) is 30.9 Å². The molecule has 1 aromatic carbocycles. The maximum absolute atomic E-state index is 10.8. The first-order chi connectivity index (χ1) is 9.15. The topological polar surface area (TPSA) is 66.6 Å². The second-order valence-corrected chi connectivity index (χ2v) is 5.07. The lowest BCUT2D eigenvalue weighted by atomic mass is 9.94. The van der Waals surface area contributed by atoms with Gasteiger partial charge in [-0.1, -0.05) is 13.3 Å². The van der Waals surface area contributed by atoms with E-state index in [4.69, 9.17) is 0 Å². The SMILES string of the molecule is CCC1CCN(c2ccc([N+](=O)[O-])c(CO)c2)CC1. The number of aliphatic hydroxyl groups is 1. The lowest BCUT2D eigenvalue weighted by Crippen LogP contribution is -2.33. The molecule has 2 rings (SSSR count). The summed E-state index contributed by atoms with van der Waals surface area (Å²) in [7, 11) is 0. The third-order valence-corrected chi connectivity index (χ3v) is 3.99. The standard InChI is InChI=1S/C14H20N2O3/c1-2-11-5-7-15(8-6-11)13-3-4-14(16(18)19)12(9-13)10-17/h3-4,9,11,17H,2,5-8,10H2,1H3. The van der Waals surface area contributed by atoms with Gasteiger partial charge in [0.1, 0.15) is 0 Å². The molecule has 0 radical (unpaired) electrons. The number of anilines is 1. The lowest BCUT2D eigenvalue weighted by Gasteiger charge is -2.33. The first-order valence-corrected chi connectivity index (χ1v) is 6.78. The van der Waals surface area contributed by atoms with E-state index in [0.29, 0.717) is 5.56 Å². The molecule has 19 heavy (non-hydrogen) atoms. The Balaban J connectivity index is 2.15. The van der Waals surface area contributed by atoms with Crippen molar-refractivity contribution in [2.45, 2.75) is 32.8 Å². The van der Waals surface area contributed by atoms with E-state index >= 15 is 0 Å². The average molecular weight is 264 g/mol. The molecule has 1 fully saturated rings. The zero-order valence-electron chi connectivity index (χ0n) is 11.2. The summed E-state index contributed by atoms with van der Waals surface area (Å²) in [6, 6.07) is 5.01. The van der Waals surface area contributed by atoms with Gasteiger partial charge in [0.15, 0.2) is 0 Å². The summed E-state index contributed by atoms with van der Waals surface area (Å²) in [5.41, 5.74) is 1.36. The Labute approximate surface area is 113 Å². The third-order valence-electron chi connectivity index (χ3n) is 3.99. The van der Waals surface area contributed by atoms with Crippen LogP contribution in [0.5, 0.6) is 0 Å². The number of benzene rings is 1. The maximum atomic E-state index is 10.8. The molecule has 0 bridgehead atoms. The highest BCUT2D eigenvalue weighted by atomic mass is 16.6. The van der Waals surface area contributed by atoms with Crippen molar-refractivity contribution in [1.29, 1.82) is 0 Å². The minimum absolute atomic E-state index is 0.00491. The van der Waals surface area contributed by atoms with Crippen LogP contribution >= 0.6 is 0 Å². The Kier molecular flexibility index (Phi) is 4.37. The molecule has 1 aliphatic heterocycles. The Hall–Kier alpha value is -1.62. The van der Waals surface area contributed by atoms with Gasteiger partial charge in [0.25, 0.3) is 5.69 Å². The number of hydrogen-bond donors (Lipinski definition) is 1. The molecule has 1 aliphatic rings. The Morgan fingerprint density at radius 2 is 2.11 bits per heavy atom. The van der Waals surface area contributed by atoms with Crippen molar-refractivity contribution in [1.82, 2.24) is 0 Å². The molecule has 5 heteroatoms. The molecule has 0 aliphatic carbocycles. The molecule has 0 atom stereocenters. The van der Waals surface area contributed by atoms with Crippen LogP contribution in [-0.2, 0) is 6.61 Å². The zero-order chi connectivity index (χ0) is 13.8. The predicted molar refractivity (Wildman–Crippen MR) is 74.2 cm³/mol. The molecule has 0 amide bonds. The molecule has 1 heterocycles. The van der Waals surface area contributed by atoms with Crippen LogP contribution in [0.1, 0.15) is 31.7 Å². The number of piperidine rings is 1. The number of nitro benzene ring substituents is 1. The molecular formula is C14H20N2O3. The fourth-order valence-corrected chi connectivity index (χ4v) is 2.67. The summed E-state index contributed by atoms with van der Waals surface area (Å²) >= 11 is 0. The first-order valence-electron chi connectivity index (χ1n) is 6.78. The molecule has 0 aromatic heterocycles. The number of nitrogens with zero attached hydrogens (tertiary/aromatic N) is 2. The molecule has 0 saturated carbocycles. The van der Waals surface area contributed by atoms with Gasteiger partial charge in [-0.2, -0.15) is 0 Å². The smallest absolute Gasteiger partial charge is 0.275 e. The van der Waals surface area contributed by atoms with Crippen molar-refractivity contribution in [2.24, 2.45) is 5.92 Å². The van der Waals surface area contributed by atoms with Crippen LogP contribution in [0.25, 0.3) is 0 Å². The van der Waals surface area contributed by atoms with Crippen LogP contribution in [0.4, 0.5) is 11.4 Å².